The normalized spacial score (nSPS) is 16.4. The fraction of sp³-hybridized carbons (Fsp3) is 0.562. The predicted molar refractivity (Wildman–Crippen MR) is 79.6 cm³/mol. The average molecular weight is 276 g/mol. The smallest absolute Gasteiger partial charge is 0.223 e. The number of amides is 1. The number of benzene rings is 1. The molecule has 2 rings (SSSR count). The van der Waals surface area contributed by atoms with Gasteiger partial charge in [-0.1, -0.05) is 19.1 Å². The second kappa shape index (κ2) is 7.29. The molecular weight excluding hydrogens is 252 g/mol. The van der Waals surface area contributed by atoms with Gasteiger partial charge in [-0.05, 0) is 37.0 Å². The fourth-order valence-corrected chi connectivity index (χ4v) is 2.68. The summed E-state index contributed by atoms with van der Waals surface area (Å²) in [6.45, 7) is 4.67. The van der Waals surface area contributed by atoms with Crippen molar-refractivity contribution in [3.05, 3.63) is 29.8 Å². The van der Waals surface area contributed by atoms with Crippen molar-refractivity contribution in [2.24, 2.45) is 0 Å². The first-order valence-corrected chi connectivity index (χ1v) is 7.50. The van der Waals surface area contributed by atoms with Crippen molar-refractivity contribution < 1.29 is 9.90 Å². The van der Waals surface area contributed by atoms with Gasteiger partial charge in [0.25, 0.3) is 0 Å². The lowest BCUT2D eigenvalue weighted by molar-refractivity contribution is -0.130. The number of carbonyl (C=O) groups is 1. The van der Waals surface area contributed by atoms with Crippen LogP contribution in [0, 0.1) is 0 Å². The van der Waals surface area contributed by atoms with Crippen LogP contribution in [-0.2, 0) is 4.79 Å². The molecule has 1 aliphatic heterocycles. The minimum atomic E-state index is 0.238. The van der Waals surface area contributed by atoms with Crippen LogP contribution in [0.5, 0.6) is 5.75 Å². The molecule has 1 unspecified atom stereocenters. The number of nitrogens with one attached hydrogen (secondary N) is 1. The summed E-state index contributed by atoms with van der Waals surface area (Å²) in [5.74, 6) is 0.545. The van der Waals surface area contributed by atoms with Gasteiger partial charge in [0.2, 0.25) is 5.91 Å². The zero-order valence-electron chi connectivity index (χ0n) is 12.1. The third-order valence-electron chi connectivity index (χ3n) is 3.89. The van der Waals surface area contributed by atoms with Gasteiger partial charge in [0.05, 0.1) is 0 Å². The number of likely N-dealkylation sites (tertiary alicyclic amines) is 1. The molecule has 4 heteroatoms. The highest BCUT2D eigenvalue weighted by Crippen LogP contribution is 2.19. The number of hydrogen-bond donors (Lipinski definition) is 2. The van der Waals surface area contributed by atoms with E-state index in [-0.39, 0.29) is 17.7 Å². The number of hydrogen-bond acceptors (Lipinski definition) is 3. The standard InChI is InChI=1S/C16H24N2O2/c1-2-15(13-5-7-14(19)8-6-13)17-10-9-16(20)18-11-3-4-12-18/h5-8,15,17,19H,2-4,9-12H2,1H3. The molecular formula is C16H24N2O2. The number of phenols is 1. The van der Waals surface area contributed by atoms with Crippen LogP contribution in [0.15, 0.2) is 24.3 Å². The van der Waals surface area contributed by atoms with Crippen molar-refractivity contribution in [1.82, 2.24) is 10.2 Å². The lowest BCUT2D eigenvalue weighted by Crippen LogP contribution is -2.31. The summed E-state index contributed by atoms with van der Waals surface area (Å²) < 4.78 is 0. The molecule has 0 bridgehead atoms. The zero-order chi connectivity index (χ0) is 14.4. The molecule has 1 heterocycles. The van der Waals surface area contributed by atoms with Crippen molar-refractivity contribution in [1.29, 1.82) is 0 Å². The van der Waals surface area contributed by atoms with E-state index in [1.165, 1.54) is 0 Å². The third-order valence-corrected chi connectivity index (χ3v) is 3.89. The molecule has 1 aromatic carbocycles. The van der Waals surface area contributed by atoms with Gasteiger partial charge in [-0.15, -0.1) is 0 Å². The topological polar surface area (TPSA) is 52.6 Å². The molecule has 1 fully saturated rings. The minimum absolute atomic E-state index is 0.238. The first kappa shape index (κ1) is 14.9. The van der Waals surface area contributed by atoms with E-state index in [2.05, 4.69) is 12.2 Å². The lowest BCUT2D eigenvalue weighted by Gasteiger charge is -2.19. The second-order valence-corrected chi connectivity index (χ2v) is 5.34. The first-order chi connectivity index (χ1) is 9.70. The highest BCUT2D eigenvalue weighted by atomic mass is 16.3. The summed E-state index contributed by atoms with van der Waals surface area (Å²) in [5, 5.41) is 12.7. The van der Waals surface area contributed by atoms with Crippen molar-refractivity contribution in [2.75, 3.05) is 19.6 Å². The van der Waals surface area contributed by atoms with Gasteiger partial charge in [-0.3, -0.25) is 4.79 Å². The summed E-state index contributed by atoms with van der Waals surface area (Å²) in [4.78, 5) is 13.9. The summed E-state index contributed by atoms with van der Waals surface area (Å²) >= 11 is 0. The molecule has 0 aromatic heterocycles. The maximum Gasteiger partial charge on any atom is 0.223 e. The van der Waals surface area contributed by atoms with E-state index in [0.29, 0.717) is 13.0 Å². The molecule has 0 saturated carbocycles. The van der Waals surface area contributed by atoms with E-state index < -0.39 is 0 Å². The summed E-state index contributed by atoms with van der Waals surface area (Å²) in [6, 6.07) is 7.50. The minimum Gasteiger partial charge on any atom is -0.508 e. The number of nitrogens with zero attached hydrogens (tertiary/aromatic N) is 1. The Morgan fingerprint density at radius 2 is 1.95 bits per heavy atom. The van der Waals surface area contributed by atoms with E-state index >= 15 is 0 Å². The van der Waals surface area contributed by atoms with Gasteiger partial charge in [0, 0.05) is 32.1 Å². The highest BCUT2D eigenvalue weighted by molar-refractivity contribution is 5.76. The Morgan fingerprint density at radius 3 is 2.55 bits per heavy atom. The van der Waals surface area contributed by atoms with Crippen LogP contribution < -0.4 is 5.32 Å². The van der Waals surface area contributed by atoms with Crippen molar-refractivity contribution in [2.45, 2.75) is 38.6 Å². The second-order valence-electron chi connectivity index (χ2n) is 5.34. The molecule has 0 spiro atoms. The molecule has 1 amide bonds. The van der Waals surface area contributed by atoms with Crippen LogP contribution in [0.4, 0.5) is 0 Å². The van der Waals surface area contributed by atoms with Crippen molar-refractivity contribution in [3.8, 4) is 5.75 Å². The van der Waals surface area contributed by atoms with Gasteiger partial charge in [0.15, 0.2) is 0 Å². The first-order valence-electron chi connectivity index (χ1n) is 7.50. The van der Waals surface area contributed by atoms with Gasteiger partial charge in [-0.2, -0.15) is 0 Å². The summed E-state index contributed by atoms with van der Waals surface area (Å²) in [7, 11) is 0. The Bertz CT molecular complexity index is 425. The van der Waals surface area contributed by atoms with Crippen LogP contribution in [0.3, 0.4) is 0 Å². The lowest BCUT2D eigenvalue weighted by atomic mass is 10.0. The molecule has 1 aliphatic rings. The van der Waals surface area contributed by atoms with Crippen molar-refractivity contribution >= 4 is 5.91 Å². The molecule has 0 radical (unpaired) electrons. The largest absolute Gasteiger partial charge is 0.508 e. The number of aromatic hydroxyl groups is 1. The third kappa shape index (κ3) is 3.97. The van der Waals surface area contributed by atoms with Gasteiger partial charge in [0.1, 0.15) is 5.75 Å². The van der Waals surface area contributed by atoms with Crippen LogP contribution in [0.2, 0.25) is 0 Å². The monoisotopic (exact) mass is 276 g/mol. The van der Waals surface area contributed by atoms with E-state index in [9.17, 15) is 9.90 Å². The number of rotatable bonds is 6. The fourth-order valence-electron chi connectivity index (χ4n) is 2.68. The summed E-state index contributed by atoms with van der Waals surface area (Å²) in [6.07, 6.45) is 3.81. The SMILES string of the molecule is CCC(NCCC(=O)N1CCCC1)c1ccc(O)cc1. The van der Waals surface area contributed by atoms with Crippen LogP contribution in [0.1, 0.15) is 44.2 Å². The Kier molecular flexibility index (Phi) is 5.41. The Balaban J connectivity index is 1.78. The Morgan fingerprint density at radius 1 is 1.30 bits per heavy atom. The maximum atomic E-state index is 11.9. The highest BCUT2D eigenvalue weighted by Gasteiger charge is 2.17. The van der Waals surface area contributed by atoms with E-state index in [1.807, 2.05) is 17.0 Å². The quantitative estimate of drug-likeness (QED) is 0.839. The van der Waals surface area contributed by atoms with Gasteiger partial charge < -0.3 is 15.3 Å². The molecule has 1 aromatic rings. The molecule has 4 nitrogen and oxygen atoms in total. The van der Waals surface area contributed by atoms with E-state index in [1.54, 1.807) is 12.1 Å². The predicted octanol–water partition coefficient (Wildman–Crippen LogP) is 2.45. The average Bonchev–Trinajstić information content (AvgIpc) is 2.99. The van der Waals surface area contributed by atoms with E-state index in [0.717, 1.165) is 37.9 Å². The Labute approximate surface area is 120 Å². The molecule has 0 aliphatic carbocycles. The molecule has 2 N–H and O–H groups in total. The molecule has 1 saturated heterocycles. The zero-order valence-corrected chi connectivity index (χ0v) is 12.1. The van der Waals surface area contributed by atoms with Gasteiger partial charge in [-0.25, -0.2) is 0 Å². The number of carbonyl (C=O) groups excluding carboxylic acids is 1. The maximum absolute atomic E-state index is 11.9. The number of phenolic OH excluding ortho intramolecular Hbond substituents is 1. The van der Waals surface area contributed by atoms with Gasteiger partial charge >= 0.3 is 0 Å². The van der Waals surface area contributed by atoms with Crippen molar-refractivity contribution in [3.63, 3.8) is 0 Å². The van der Waals surface area contributed by atoms with Crippen LogP contribution >= 0.6 is 0 Å². The summed E-state index contributed by atoms with van der Waals surface area (Å²) in [5.41, 5.74) is 1.15. The van der Waals surface area contributed by atoms with Crippen LogP contribution in [-0.4, -0.2) is 35.5 Å². The van der Waals surface area contributed by atoms with Crippen LogP contribution in [0.25, 0.3) is 0 Å². The van der Waals surface area contributed by atoms with E-state index in [4.69, 9.17) is 0 Å². The molecule has 110 valence electrons. The Hall–Kier alpha value is -1.55. The molecule has 1 atom stereocenters. The molecule has 20 heavy (non-hydrogen) atoms.